The zero-order valence-electron chi connectivity index (χ0n) is 11.7. The Morgan fingerprint density at radius 3 is 2.00 bits per heavy atom. The van der Waals surface area contributed by atoms with Crippen molar-refractivity contribution in [3.8, 4) is 22.5 Å². The van der Waals surface area contributed by atoms with Crippen LogP contribution in [0.4, 0.5) is 0 Å². The van der Waals surface area contributed by atoms with Crippen molar-refractivity contribution in [1.82, 2.24) is 9.97 Å². The van der Waals surface area contributed by atoms with Crippen molar-refractivity contribution in [2.24, 2.45) is 0 Å². The molecule has 0 N–H and O–H groups in total. The summed E-state index contributed by atoms with van der Waals surface area (Å²) in [4.78, 5) is 8.89. The van der Waals surface area contributed by atoms with E-state index in [1.54, 1.807) is 0 Å². The number of nitrogens with zero attached hydrogens (tertiary/aromatic N) is 2. The van der Waals surface area contributed by atoms with Gasteiger partial charge in [-0.1, -0.05) is 60.7 Å². The summed E-state index contributed by atoms with van der Waals surface area (Å²) in [6.45, 7) is 1.93. The first kappa shape index (κ1) is 10.4. The molecule has 0 aliphatic heterocycles. The van der Waals surface area contributed by atoms with Crippen LogP contribution in [0, 0.1) is 6.92 Å². The number of hydrogen-bond acceptors (Lipinski definition) is 2. The molecule has 19 heavy (non-hydrogen) atoms. The monoisotopic (exact) mass is 247 g/mol. The van der Waals surface area contributed by atoms with Gasteiger partial charge in [0.05, 0.1) is 1.37 Å². The molecule has 1 aromatic heterocycles. The van der Waals surface area contributed by atoms with Crippen LogP contribution in [0.15, 0.2) is 66.8 Å². The van der Waals surface area contributed by atoms with Crippen LogP contribution in [0.1, 0.15) is 7.06 Å². The predicted octanol–water partition coefficient (Wildman–Crippen LogP) is 4.12. The molecule has 0 aliphatic rings. The number of aromatic nitrogens is 2. The molecule has 0 aliphatic carbocycles. The average Bonchev–Trinajstić information content (AvgIpc) is 2.48. The molecule has 0 spiro atoms. The molecule has 2 nitrogen and oxygen atoms in total. The Morgan fingerprint density at radius 2 is 1.42 bits per heavy atom. The van der Waals surface area contributed by atoms with Crippen LogP contribution in [0.5, 0.6) is 0 Å². The summed E-state index contributed by atoms with van der Waals surface area (Å²) in [5.74, 6) is 0.604. The van der Waals surface area contributed by atoms with Crippen LogP contribution in [0.25, 0.3) is 22.5 Å². The molecule has 3 rings (SSSR count). The molecule has 0 fully saturated rings. The van der Waals surface area contributed by atoms with Gasteiger partial charge in [-0.15, -0.1) is 0 Å². The molecule has 0 amide bonds. The van der Waals surface area contributed by atoms with Crippen molar-refractivity contribution < 1.29 is 1.37 Å². The lowest BCUT2D eigenvalue weighted by atomic mass is 10.1. The third kappa shape index (κ3) is 2.38. The van der Waals surface area contributed by atoms with Crippen LogP contribution in [-0.2, 0) is 0 Å². The first-order valence-electron chi connectivity index (χ1n) is 6.72. The van der Waals surface area contributed by atoms with Crippen LogP contribution in [0.2, 0.25) is 0 Å². The maximum absolute atomic E-state index is 8.19. The molecular weight excluding hydrogens is 232 g/mol. The van der Waals surface area contributed by atoms with Gasteiger partial charge in [0.25, 0.3) is 0 Å². The van der Waals surface area contributed by atoms with Crippen molar-refractivity contribution in [3.05, 3.63) is 72.5 Å². The van der Waals surface area contributed by atoms with Gasteiger partial charge < -0.3 is 0 Å². The fourth-order valence-corrected chi connectivity index (χ4v) is 2.02. The Kier molecular flexibility index (Phi) is 2.76. The van der Waals surface area contributed by atoms with Crippen LogP contribution < -0.4 is 0 Å². The van der Waals surface area contributed by atoms with Crippen LogP contribution in [0.3, 0.4) is 0 Å². The Bertz CT molecular complexity index is 701. The van der Waals surface area contributed by atoms with E-state index in [0.717, 1.165) is 22.4 Å². The van der Waals surface area contributed by atoms with Crippen molar-refractivity contribution in [2.75, 3.05) is 0 Å². The van der Waals surface area contributed by atoms with Crippen molar-refractivity contribution in [3.63, 3.8) is 0 Å². The van der Waals surface area contributed by atoms with Crippen molar-refractivity contribution in [2.45, 2.75) is 6.92 Å². The minimum atomic E-state index is 0.266. The minimum absolute atomic E-state index is 0.266. The highest BCUT2D eigenvalue weighted by Gasteiger charge is 2.06. The van der Waals surface area contributed by atoms with Gasteiger partial charge in [0.1, 0.15) is 0 Å². The van der Waals surface area contributed by atoms with E-state index in [2.05, 4.69) is 9.97 Å². The fraction of sp³-hybridized carbons (Fsp3) is 0.0588. The molecular formula is C17H14N2. The lowest BCUT2D eigenvalue weighted by Crippen LogP contribution is -1.94. The number of benzene rings is 2. The van der Waals surface area contributed by atoms with Gasteiger partial charge in [-0.05, 0) is 12.5 Å². The lowest BCUT2D eigenvalue weighted by molar-refractivity contribution is 1.11. The first-order valence-corrected chi connectivity index (χ1v) is 6.22. The standard InChI is InChI=1S/C17H14N2/c1-13-16(14-8-4-2-5-9-14)12-18-17(19-13)15-10-6-3-7-11-15/h2-12H,1H3/i12D. The van der Waals surface area contributed by atoms with E-state index in [4.69, 9.17) is 1.37 Å². The van der Waals surface area contributed by atoms with E-state index in [-0.39, 0.29) is 6.17 Å². The summed E-state index contributed by atoms with van der Waals surface area (Å²) in [7, 11) is 0. The van der Waals surface area contributed by atoms with Gasteiger partial charge in [0.2, 0.25) is 0 Å². The van der Waals surface area contributed by atoms with Crippen LogP contribution >= 0.6 is 0 Å². The molecule has 2 heteroatoms. The molecule has 0 unspecified atom stereocenters. The quantitative estimate of drug-likeness (QED) is 0.680. The second-order valence-corrected chi connectivity index (χ2v) is 4.35. The maximum Gasteiger partial charge on any atom is 0.159 e. The van der Waals surface area contributed by atoms with Gasteiger partial charge in [-0.25, -0.2) is 9.97 Å². The summed E-state index contributed by atoms with van der Waals surface area (Å²) in [6.07, 6.45) is 0.266. The Labute approximate surface area is 114 Å². The van der Waals surface area contributed by atoms with Gasteiger partial charge in [-0.3, -0.25) is 0 Å². The minimum Gasteiger partial charge on any atom is -0.236 e. The normalized spacial score (nSPS) is 11.1. The van der Waals surface area contributed by atoms with Gasteiger partial charge in [-0.2, -0.15) is 0 Å². The summed E-state index contributed by atoms with van der Waals surface area (Å²) in [5, 5.41) is 0. The Hall–Kier alpha value is -2.48. The third-order valence-electron chi connectivity index (χ3n) is 3.00. The smallest absolute Gasteiger partial charge is 0.159 e. The number of aryl methyl sites for hydroxylation is 1. The highest BCUT2D eigenvalue weighted by molar-refractivity contribution is 5.66. The fourth-order valence-electron chi connectivity index (χ4n) is 2.02. The zero-order valence-corrected chi connectivity index (χ0v) is 10.7. The van der Waals surface area contributed by atoms with E-state index < -0.39 is 0 Å². The molecule has 1 heterocycles. The topological polar surface area (TPSA) is 25.8 Å². The van der Waals surface area contributed by atoms with Crippen molar-refractivity contribution >= 4 is 0 Å². The third-order valence-corrected chi connectivity index (χ3v) is 3.00. The van der Waals surface area contributed by atoms with E-state index in [9.17, 15) is 0 Å². The van der Waals surface area contributed by atoms with E-state index in [1.807, 2.05) is 67.6 Å². The highest BCUT2D eigenvalue weighted by atomic mass is 14.9. The maximum atomic E-state index is 8.19. The molecule has 2 aromatic carbocycles. The Morgan fingerprint density at radius 1 is 0.842 bits per heavy atom. The van der Waals surface area contributed by atoms with E-state index >= 15 is 0 Å². The van der Waals surface area contributed by atoms with Gasteiger partial charge in [0.15, 0.2) is 5.82 Å². The molecule has 3 aromatic rings. The average molecular weight is 247 g/mol. The second kappa shape index (κ2) is 5.02. The van der Waals surface area contributed by atoms with E-state index in [0.29, 0.717) is 5.82 Å². The zero-order chi connectivity index (χ0) is 13.9. The molecule has 0 saturated carbocycles. The SMILES string of the molecule is [2H]c1nc(-c2ccccc2)nc(C)c1-c1ccccc1. The summed E-state index contributed by atoms with van der Waals surface area (Å²) < 4.78 is 8.19. The molecule has 0 radical (unpaired) electrons. The Balaban J connectivity index is 2.13. The summed E-state index contributed by atoms with van der Waals surface area (Å²) >= 11 is 0. The largest absolute Gasteiger partial charge is 0.236 e. The second-order valence-electron chi connectivity index (χ2n) is 4.35. The van der Waals surface area contributed by atoms with Gasteiger partial charge in [0, 0.05) is 23.0 Å². The number of hydrogen-bond donors (Lipinski definition) is 0. The summed E-state index contributed by atoms with van der Waals surface area (Å²) in [5.41, 5.74) is 3.54. The molecule has 0 saturated heterocycles. The van der Waals surface area contributed by atoms with Gasteiger partial charge >= 0.3 is 0 Å². The predicted molar refractivity (Wildman–Crippen MR) is 77.6 cm³/mol. The summed E-state index contributed by atoms with van der Waals surface area (Å²) in [6, 6.07) is 19.6. The lowest BCUT2D eigenvalue weighted by Gasteiger charge is -2.07. The van der Waals surface area contributed by atoms with Crippen LogP contribution in [-0.4, -0.2) is 9.97 Å². The molecule has 0 bridgehead atoms. The number of rotatable bonds is 2. The molecule has 92 valence electrons. The first-order chi connectivity index (χ1) is 9.75. The van der Waals surface area contributed by atoms with E-state index in [1.165, 1.54) is 0 Å². The highest BCUT2D eigenvalue weighted by Crippen LogP contribution is 2.23. The van der Waals surface area contributed by atoms with Crippen molar-refractivity contribution in [1.29, 1.82) is 0 Å². The molecule has 0 atom stereocenters.